The van der Waals surface area contributed by atoms with Crippen LogP contribution in [0.3, 0.4) is 0 Å². The average Bonchev–Trinajstić information content (AvgIpc) is 2.58. The van der Waals surface area contributed by atoms with E-state index in [1.807, 2.05) is 13.0 Å². The molecule has 1 aromatic rings. The summed E-state index contributed by atoms with van der Waals surface area (Å²) in [7, 11) is 0.712. The second-order valence-electron chi connectivity index (χ2n) is 5.82. The van der Waals surface area contributed by atoms with E-state index < -0.39 is 16.3 Å². The van der Waals surface area contributed by atoms with Crippen molar-refractivity contribution in [1.29, 1.82) is 0 Å². The van der Waals surface area contributed by atoms with Gasteiger partial charge in [0.1, 0.15) is 0 Å². The first kappa shape index (κ1) is 24.2. The first-order chi connectivity index (χ1) is 12.2. The highest BCUT2D eigenvalue weighted by atomic mass is 32.2. The van der Waals surface area contributed by atoms with Crippen LogP contribution in [0.1, 0.15) is 38.8 Å². The molecule has 8 nitrogen and oxygen atoms in total. The fraction of sp³-hybridized carbons (Fsp3) is 0.588. The summed E-state index contributed by atoms with van der Waals surface area (Å²) in [4.78, 5) is 10.9. The van der Waals surface area contributed by atoms with Crippen LogP contribution < -0.4 is 15.4 Å². The number of nitrogens with zero attached hydrogens (tertiary/aromatic N) is 1. The van der Waals surface area contributed by atoms with E-state index in [-0.39, 0.29) is 6.04 Å². The first-order valence-electron chi connectivity index (χ1n) is 8.53. The quantitative estimate of drug-likeness (QED) is 0.594. The van der Waals surface area contributed by atoms with Gasteiger partial charge in [0.2, 0.25) is 0 Å². The molecule has 1 rings (SSSR count). The van der Waals surface area contributed by atoms with Crippen LogP contribution in [0.5, 0.6) is 0 Å². The monoisotopic (exact) mass is 388 g/mol. The van der Waals surface area contributed by atoms with E-state index in [0.29, 0.717) is 18.8 Å². The first-order valence-corrected chi connectivity index (χ1v) is 9.97. The number of alkyl carbamates (subject to hydrolysis) is 1. The lowest BCUT2D eigenvalue weighted by molar-refractivity contribution is 0.171. The summed E-state index contributed by atoms with van der Waals surface area (Å²) < 4.78 is 31.7. The number of ether oxygens (including phenoxy) is 1. The summed E-state index contributed by atoms with van der Waals surface area (Å²) in [5.41, 5.74) is 1.43. The standard InChI is InChI=1S/C14H24N4O4S.C3H8/c1-11(15-8-9-16-14(19)22-4)12-6-5-7-13(10-12)17-23(20,21)18(2)3;1-3-2/h5-7,10-11,15,17H,8-9H2,1-4H3,(H,16,19);3H2,1-2H3. The van der Waals surface area contributed by atoms with E-state index >= 15 is 0 Å². The Morgan fingerprint density at radius 2 is 1.85 bits per heavy atom. The number of carbonyl (C=O) groups is 1. The summed E-state index contributed by atoms with van der Waals surface area (Å²) >= 11 is 0. The van der Waals surface area contributed by atoms with Crippen LogP contribution in [0.15, 0.2) is 24.3 Å². The molecule has 0 fully saturated rings. The Hall–Kier alpha value is -1.84. The average molecular weight is 389 g/mol. The van der Waals surface area contributed by atoms with Crippen molar-refractivity contribution in [3.8, 4) is 0 Å². The topological polar surface area (TPSA) is 99.8 Å². The maximum absolute atomic E-state index is 11.8. The molecule has 1 unspecified atom stereocenters. The zero-order valence-electron chi connectivity index (χ0n) is 16.5. The van der Waals surface area contributed by atoms with Crippen molar-refractivity contribution in [1.82, 2.24) is 14.9 Å². The lowest BCUT2D eigenvalue weighted by atomic mass is 10.1. The largest absolute Gasteiger partial charge is 0.453 e. The van der Waals surface area contributed by atoms with Crippen LogP contribution in [0.25, 0.3) is 0 Å². The number of hydrogen-bond acceptors (Lipinski definition) is 5. The molecule has 0 heterocycles. The van der Waals surface area contributed by atoms with Gasteiger partial charge in [0.25, 0.3) is 0 Å². The Balaban J connectivity index is 0.00000194. The highest BCUT2D eigenvalue weighted by Crippen LogP contribution is 2.18. The van der Waals surface area contributed by atoms with Gasteiger partial charge >= 0.3 is 16.3 Å². The molecule has 0 aliphatic carbocycles. The second-order valence-corrected chi connectivity index (χ2v) is 7.70. The van der Waals surface area contributed by atoms with Gasteiger partial charge in [-0.15, -0.1) is 0 Å². The highest BCUT2D eigenvalue weighted by molar-refractivity contribution is 7.90. The Morgan fingerprint density at radius 3 is 2.38 bits per heavy atom. The third-order valence-electron chi connectivity index (χ3n) is 3.14. The van der Waals surface area contributed by atoms with E-state index in [1.165, 1.54) is 27.6 Å². The molecule has 9 heteroatoms. The van der Waals surface area contributed by atoms with Crippen LogP contribution >= 0.6 is 0 Å². The Bertz CT molecular complexity index is 635. The second kappa shape index (κ2) is 12.5. The van der Waals surface area contributed by atoms with Gasteiger partial charge in [-0.3, -0.25) is 4.72 Å². The predicted molar refractivity (Wildman–Crippen MR) is 105 cm³/mol. The molecule has 0 saturated carbocycles. The molecule has 3 N–H and O–H groups in total. The third kappa shape index (κ3) is 9.59. The fourth-order valence-corrected chi connectivity index (χ4v) is 2.36. The van der Waals surface area contributed by atoms with Gasteiger partial charge in [-0.1, -0.05) is 32.4 Å². The SMILES string of the molecule is CCC.COC(=O)NCCNC(C)c1cccc(NS(=O)(=O)N(C)C)c1. The van der Waals surface area contributed by atoms with Crippen molar-refractivity contribution in [3.05, 3.63) is 29.8 Å². The third-order valence-corrected chi connectivity index (χ3v) is 4.60. The normalized spacial score (nSPS) is 12.0. The van der Waals surface area contributed by atoms with E-state index in [0.717, 1.165) is 9.87 Å². The van der Waals surface area contributed by atoms with Crippen molar-refractivity contribution in [3.63, 3.8) is 0 Å². The smallest absolute Gasteiger partial charge is 0.406 e. The van der Waals surface area contributed by atoms with Gasteiger partial charge in [0.05, 0.1) is 12.8 Å². The van der Waals surface area contributed by atoms with Crippen LogP contribution in [0.4, 0.5) is 10.5 Å². The maximum Gasteiger partial charge on any atom is 0.406 e. The molecular weight excluding hydrogens is 356 g/mol. The minimum Gasteiger partial charge on any atom is -0.453 e. The molecule has 0 aromatic heterocycles. The number of anilines is 1. The van der Waals surface area contributed by atoms with Crippen molar-refractivity contribution in [2.75, 3.05) is 39.0 Å². The molecular formula is C17H32N4O4S. The van der Waals surface area contributed by atoms with Gasteiger partial charge in [0, 0.05) is 33.2 Å². The maximum atomic E-state index is 11.8. The number of rotatable bonds is 8. The van der Waals surface area contributed by atoms with Gasteiger partial charge in [-0.2, -0.15) is 12.7 Å². The Kier molecular flexibility index (Phi) is 11.6. The van der Waals surface area contributed by atoms with E-state index in [1.54, 1.807) is 18.2 Å². The lowest BCUT2D eigenvalue weighted by Gasteiger charge is -2.17. The molecule has 1 atom stereocenters. The van der Waals surface area contributed by atoms with Crippen molar-refractivity contribution in [2.24, 2.45) is 0 Å². The Morgan fingerprint density at radius 1 is 1.23 bits per heavy atom. The molecule has 0 aliphatic rings. The predicted octanol–water partition coefficient (Wildman–Crippen LogP) is 2.33. The number of hydrogen-bond donors (Lipinski definition) is 3. The lowest BCUT2D eigenvalue weighted by Crippen LogP contribution is -2.32. The van der Waals surface area contributed by atoms with Crippen molar-refractivity contribution < 1.29 is 17.9 Å². The van der Waals surface area contributed by atoms with Gasteiger partial charge in [-0.25, -0.2) is 4.79 Å². The summed E-state index contributed by atoms with van der Waals surface area (Å²) in [5, 5.41) is 5.81. The van der Waals surface area contributed by atoms with E-state index in [9.17, 15) is 13.2 Å². The zero-order valence-corrected chi connectivity index (χ0v) is 17.3. The molecule has 26 heavy (non-hydrogen) atoms. The number of amides is 1. The molecule has 0 bridgehead atoms. The number of benzene rings is 1. The Labute approximate surface area is 157 Å². The minimum absolute atomic E-state index is 0.00161. The minimum atomic E-state index is -3.53. The van der Waals surface area contributed by atoms with Crippen molar-refractivity contribution >= 4 is 22.0 Å². The summed E-state index contributed by atoms with van der Waals surface area (Å²) in [5.74, 6) is 0. The van der Waals surface area contributed by atoms with Crippen LogP contribution in [-0.2, 0) is 14.9 Å². The highest BCUT2D eigenvalue weighted by Gasteiger charge is 2.13. The molecule has 0 saturated heterocycles. The zero-order chi connectivity index (χ0) is 20.2. The molecule has 0 spiro atoms. The molecule has 150 valence electrons. The van der Waals surface area contributed by atoms with Crippen molar-refractivity contribution in [2.45, 2.75) is 33.2 Å². The molecule has 1 amide bonds. The fourth-order valence-electron chi connectivity index (χ4n) is 1.75. The number of nitrogens with one attached hydrogen (secondary N) is 3. The molecule has 0 radical (unpaired) electrons. The van der Waals surface area contributed by atoms with Crippen LogP contribution in [0.2, 0.25) is 0 Å². The molecule has 1 aromatic carbocycles. The van der Waals surface area contributed by atoms with Gasteiger partial charge < -0.3 is 15.4 Å². The summed E-state index contributed by atoms with van der Waals surface area (Å²) in [6.45, 7) is 7.20. The van der Waals surface area contributed by atoms with E-state index in [2.05, 4.69) is 33.9 Å². The number of carbonyl (C=O) groups excluding carboxylic acids is 1. The van der Waals surface area contributed by atoms with Gasteiger partial charge in [-0.05, 0) is 24.6 Å². The van der Waals surface area contributed by atoms with Crippen LogP contribution in [-0.4, -0.2) is 53.1 Å². The van der Waals surface area contributed by atoms with Gasteiger partial charge in [0.15, 0.2) is 0 Å². The molecule has 0 aliphatic heterocycles. The number of methoxy groups -OCH3 is 1. The van der Waals surface area contributed by atoms with E-state index in [4.69, 9.17) is 0 Å². The summed E-state index contributed by atoms with van der Waals surface area (Å²) in [6.07, 6.45) is 0.777. The summed E-state index contributed by atoms with van der Waals surface area (Å²) in [6, 6.07) is 7.15. The van der Waals surface area contributed by atoms with Crippen LogP contribution in [0, 0.1) is 0 Å².